The first-order chi connectivity index (χ1) is 13.0. The normalized spacial score (nSPS) is 16.6. The Morgan fingerprint density at radius 2 is 1.93 bits per heavy atom. The molecule has 5 nitrogen and oxygen atoms in total. The Balaban J connectivity index is 1.70. The Morgan fingerprint density at radius 3 is 2.59 bits per heavy atom. The summed E-state index contributed by atoms with van der Waals surface area (Å²) in [5.41, 5.74) is 1.14. The molecule has 144 valence electrons. The summed E-state index contributed by atoms with van der Waals surface area (Å²) in [5, 5.41) is 6.23. The SMILES string of the molecule is CNC(=O)C1(Nc2cccc(OC)c2)CCN(Cc2cccc(F)c2)CC1. The number of carbonyl (C=O) groups is 1. The van der Waals surface area contributed by atoms with E-state index in [0.29, 0.717) is 19.4 Å². The summed E-state index contributed by atoms with van der Waals surface area (Å²) in [6.07, 6.45) is 1.33. The molecule has 0 spiro atoms. The van der Waals surface area contributed by atoms with E-state index < -0.39 is 5.54 Å². The monoisotopic (exact) mass is 371 g/mol. The lowest BCUT2D eigenvalue weighted by molar-refractivity contribution is -0.126. The Bertz CT molecular complexity index is 789. The molecule has 0 aromatic heterocycles. The highest BCUT2D eigenvalue weighted by atomic mass is 19.1. The van der Waals surface area contributed by atoms with Crippen LogP contribution in [0, 0.1) is 5.82 Å². The van der Waals surface area contributed by atoms with Gasteiger partial charge in [-0.15, -0.1) is 0 Å². The van der Waals surface area contributed by atoms with Crippen LogP contribution in [0.25, 0.3) is 0 Å². The average Bonchev–Trinajstić information content (AvgIpc) is 2.69. The fourth-order valence-corrected chi connectivity index (χ4v) is 3.61. The summed E-state index contributed by atoms with van der Waals surface area (Å²) in [6, 6.07) is 14.3. The van der Waals surface area contributed by atoms with E-state index in [0.717, 1.165) is 30.1 Å². The van der Waals surface area contributed by atoms with Gasteiger partial charge in [0.2, 0.25) is 5.91 Å². The van der Waals surface area contributed by atoms with Crippen LogP contribution >= 0.6 is 0 Å². The minimum Gasteiger partial charge on any atom is -0.497 e. The van der Waals surface area contributed by atoms with Gasteiger partial charge in [0.15, 0.2) is 0 Å². The molecule has 0 bridgehead atoms. The van der Waals surface area contributed by atoms with Crippen molar-refractivity contribution in [3.8, 4) is 5.75 Å². The zero-order valence-electron chi connectivity index (χ0n) is 15.8. The first-order valence-electron chi connectivity index (χ1n) is 9.16. The molecule has 3 rings (SSSR count). The van der Waals surface area contributed by atoms with E-state index in [2.05, 4.69) is 15.5 Å². The Hall–Kier alpha value is -2.60. The molecule has 0 saturated carbocycles. The molecule has 1 aliphatic rings. The number of halogens is 1. The molecule has 0 aliphatic carbocycles. The summed E-state index contributed by atoms with van der Waals surface area (Å²) in [7, 11) is 3.29. The van der Waals surface area contributed by atoms with Crippen molar-refractivity contribution in [1.29, 1.82) is 0 Å². The van der Waals surface area contributed by atoms with Crippen molar-refractivity contribution < 1.29 is 13.9 Å². The van der Waals surface area contributed by atoms with Gasteiger partial charge in [-0.3, -0.25) is 9.69 Å². The molecule has 1 saturated heterocycles. The molecule has 1 aliphatic heterocycles. The van der Waals surface area contributed by atoms with Gasteiger partial charge in [-0.05, 0) is 42.7 Å². The van der Waals surface area contributed by atoms with Crippen LogP contribution in [0.15, 0.2) is 48.5 Å². The molecule has 0 atom stereocenters. The highest BCUT2D eigenvalue weighted by molar-refractivity contribution is 5.89. The first kappa shape index (κ1) is 19.2. The summed E-state index contributed by atoms with van der Waals surface area (Å²) < 4.78 is 18.7. The maximum Gasteiger partial charge on any atom is 0.245 e. The summed E-state index contributed by atoms with van der Waals surface area (Å²) in [5.74, 6) is 0.509. The number of hydrogen-bond donors (Lipinski definition) is 2. The summed E-state index contributed by atoms with van der Waals surface area (Å²) >= 11 is 0. The number of carbonyl (C=O) groups excluding carboxylic acids is 1. The molecular weight excluding hydrogens is 345 g/mol. The van der Waals surface area contributed by atoms with Gasteiger partial charge in [0.05, 0.1) is 7.11 Å². The van der Waals surface area contributed by atoms with Crippen LogP contribution < -0.4 is 15.4 Å². The van der Waals surface area contributed by atoms with Crippen LogP contribution in [0.3, 0.4) is 0 Å². The van der Waals surface area contributed by atoms with Crippen molar-refractivity contribution in [3.05, 3.63) is 59.9 Å². The number of anilines is 1. The standard InChI is InChI=1S/C21H26FN3O2/c1-23-20(26)21(24-18-7-4-8-19(14-18)27-2)9-11-25(12-10-21)15-16-5-3-6-17(22)13-16/h3-8,13-14,24H,9-12,15H2,1-2H3,(H,23,26). The third kappa shape index (κ3) is 4.57. The van der Waals surface area contributed by atoms with Crippen LogP contribution in [0.4, 0.5) is 10.1 Å². The van der Waals surface area contributed by atoms with Crippen LogP contribution in [-0.2, 0) is 11.3 Å². The molecule has 2 aromatic carbocycles. The quantitative estimate of drug-likeness (QED) is 0.820. The number of benzene rings is 2. The number of likely N-dealkylation sites (N-methyl/N-ethyl adjacent to an activating group) is 1. The zero-order valence-corrected chi connectivity index (χ0v) is 15.8. The molecule has 2 N–H and O–H groups in total. The topological polar surface area (TPSA) is 53.6 Å². The molecule has 0 unspecified atom stereocenters. The Morgan fingerprint density at radius 1 is 1.19 bits per heavy atom. The van der Waals surface area contributed by atoms with Crippen molar-refractivity contribution in [2.75, 3.05) is 32.6 Å². The second-order valence-electron chi connectivity index (χ2n) is 6.92. The zero-order chi connectivity index (χ0) is 19.3. The van der Waals surface area contributed by atoms with Crippen LogP contribution in [0.1, 0.15) is 18.4 Å². The first-order valence-corrected chi connectivity index (χ1v) is 9.16. The predicted molar refractivity (Wildman–Crippen MR) is 104 cm³/mol. The lowest BCUT2D eigenvalue weighted by Crippen LogP contribution is -2.57. The smallest absolute Gasteiger partial charge is 0.245 e. The summed E-state index contributed by atoms with van der Waals surface area (Å²) in [4.78, 5) is 14.9. The van der Waals surface area contributed by atoms with Crippen molar-refractivity contribution >= 4 is 11.6 Å². The molecule has 27 heavy (non-hydrogen) atoms. The molecule has 6 heteroatoms. The van der Waals surface area contributed by atoms with Crippen molar-refractivity contribution in [1.82, 2.24) is 10.2 Å². The molecule has 1 fully saturated rings. The Kier molecular flexibility index (Phi) is 5.96. The largest absolute Gasteiger partial charge is 0.497 e. The van der Waals surface area contributed by atoms with Gasteiger partial charge in [-0.1, -0.05) is 18.2 Å². The number of ether oxygens (including phenoxy) is 1. The van der Waals surface area contributed by atoms with Gasteiger partial charge >= 0.3 is 0 Å². The minimum atomic E-state index is -0.667. The fourth-order valence-electron chi connectivity index (χ4n) is 3.61. The number of rotatable bonds is 6. The maximum absolute atomic E-state index is 13.4. The number of piperidine rings is 1. The fraction of sp³-hybridized carbons (Fsp3) is 0.381. The van der Waals surface area contributed by atoms with E-state index >= 15 is 0 Å². The van der Waals surface area contributed by atoms with Crippen molar-refractivity contribution in [2.24, 2.45) is 0 Å². The van der Waals surface area contributed by atoms with E-state index in [1.807, 2.05) is 30.3 Å². The molecule has 1 amide bonds. The average molecular weight is 371 g/mol. The van der Waals surface area contributed by atoms with E-state index in [-0.39, 0.29) is 11.7 Å². The molecule has 0 radical (unpaired) electrons. The predicted octanol–water partition coefficient (Wildman–Crippen LogP) is 3.03. The number of methoxy groups -OCH3 is 1. The highest BCUT2D eigenvalue weighted by Gasteiger charge is 2.40. The third-order valence-corrected chi connectivity index (χ3v) is 5.12. The van der Waals surface area contributed by atoms with Gasteiger partial charge in [-0.25, -0.2) is 4.39 Å². The van der Waals surface area contributed by atoms with Gasteiger partial charge in [0, 0.05) is 38.4 Å². The van der Waals surface area contributed by atoms with E-state index in [9.17, 15) is 9.18 Å². The molecular formula is C21H26FN3O2. The third-order valence-electron chi connectivity index (χ3n) is 5.12. The van der Waals surface area contributed by atoms with Gasteiger partial charge in [-0.2, -0.15) is 0 Å². The number of likely N-dealkylation sites (tertiary alicyclic amines) is 1. The van der Waals surface area contributed by atoms with Crippen LogP contribution in [0.5, 0.6) is 5.75 Å². The minimum absolute atomic E-state index is 0.0178. The summed E-state index contributed by atoms with van der Waals surface area (Å²) in [6.45, 7) is 2.18. The number of nitrogens with zero attached hydrogens (tertiary/aromatic N) is 1. The molecule has 2 aromatic rings. The second kappa shape index (κ2) is 8.39. The number of hydrogen-bond acceptors (Lipinski definition) is 4. The molecule has 1 heterocycles. The second-order valence-corrected chi connectivity index (χ2v) is 6.92. The van der Waals surface area contributed by atoms with Crippen molar-refractivity contribution in [3.63, 3.8) is 0 Å². The Labute approximate surface area is 159 Å². The van der Waals surface area contributed by atoms with E-state index in [4.69, 9.17) is 4.74 Å². The van der Waals surface area contributed by atoms with Crippen LogP contribution in [-0.4, -0.2) is 43.6 Å². The van der Waals surface area contributed by atoms with Gasteiger partial charge < -0.3 is 15.4 Å². The van der Waals surface area contributed by atoms with Gasteiger partial charge in [0.25, 0.3) is 0 Å². The van der Waals surface area contributed by atoms with Crippen LogP contribution in [0.2, 0.25) is 0 Å². The highest BCUT2D eigenvalue weighted by Crippen LogP contribution is 2.29. The number of nitrogens with one attached hydrogen (secondary N) is 2. The van der Waals surface area contributed by atoms with E-state index in [1.54, 1.807) is 26.3 Å². The van der Waals surface area contributed by atoms with Crippen molar-refractivity contribution in [2.45, 2.75) is 24.9 Å². The van der Waals surface area contributed by atoms with Gasteiger partial charge in [0.1, 0.15) is 17.1 Å². The maximum atomic E-state index is 13.4. The number of amides is 1. The van der Waals surface area contributed by atoms with E-state index in [1.165, 1.54) is 6.07 Å². The lowest BCUT2D eigenvalue weighted by Gasteiger charge is -2.41. The lowest BCUT2D eigenvalue weighted by atomic mass is 9.85.